The minimum atomic E-state index is -3.65. The Bertz CT molecular complexity index is 974. The van der Waals surface area contributed by atoms with Crippen molar-refractivity contribution < 1.29 is 13.2 Å². The van der Waals surface area contributed by atoms with Crippen LogP contribution in [0.3, 0.4) is 0 Å². The predicted molar refractivity (Wildman–Crippen MR) is 110 cm³/mol. The molecule has 0 aliphatic carbocycles. The summed E-state index contributed by atoms with van der Waals surface area (Å²) in [6.07, 6.45) is 5.06. The highest BCUT2D eigenvalue weighted by Gasteiger charge is 2.48. The van der Waals surface area contributed by atoms with E-state index >= 15 is 0 Å². The molecule has 2 unspecified atom stereocenters. The van der Waals surface area contributed by atoms with E-state index in [2.05, 4.69) is 0 Å². The lowest BCUT2D eigenvalue weighted by Gasteiger charge is -2.37. The summed E-state index contributed by atoms with van der Waals surface area (Å²) in [5.41, 5.74) is 6.17. The van der Waals surface area contributed by atoms with E-state index in [9.17, 15) is 8.42 Å². The van der Waals surface area contributed by atoms with Gasteiger partial charge < -0.3 is 10.5 Å². The standard InChI is InChI=1S/C20H22ClN2O3S/c1-2-27(24,25)23(15-16(14-22)11-12-20(23)21)17-7-6-10-19(13-17)26-18-8-4-3-5-9-18/h3-13,15,20H,2,14,22H2,1H3/q+1. The fourth-order valence-electron chi connectivity index (χ4n) is 3.03. The molecular weight excluding hydrogens is 384 g/mol. The molecule has 0 radical (unpaired) electrons. The second kappa shape index (κ2) is 7.86. The molecule has 0 saturated heterocycles. The molecule has 0 aromatic heterocycles. The molecule has 142 valence electrons. The van der Waals surface area contributed by atoms with Crippen LogP contribution in [0.4, 0.5) is 5.69 Å². The Hall–Kier alpha value is -2.12. The van der Waals surface area contributed by atoms with Crippen LogP contribution in [0.5, 0.6) is 11.5 Å². The molecule has 1 heterocycles. The summed E-state index contributed by atoms with van der Waals surface area (Å²) in [6.45, 7) is 1.83. The molecule has 0 saturated carbocycles. The summed E-state index contributed by atoms with van der Waals surface area (Å²) in [4.78, 5) is 0. The molecule has 0 fully saturated rings. The number of hydrogen-bond donors (Lipinski definition) is 1. The first kappa shape index (κ1) is 19.6. The number of benzene rings is 2. The van der Waals surface area contributed by atoms with E-state index in [0.717, 1.165) is 0 Å². The Morgan fingerprint density at radius 2 is 1.81 bits per heavy atom. The van der Waals surface area contributed by atoms with Gasteiger partial charge in [0.1, 0.15) is 17.7 Å². The number of rotatable bonds is 6. The van der Waals surface area contributed by atoms with Crippen LogP contribution in [0.1, 0.15) is 6.92 Å². The summed E-state index contributed by atoms with van der Waals surface area (Å²) in [5, 5.41) is 0. The smallest absolute Gasteiger partial charge is 0.307 e. The monoisotopic (exact) mass is 405 g/mol. The molecule has 1 aliphatic heterocycles. The molecule has 3 rings (SSSR count). The maximum atomic E-state index is 13.1. The highest BCUT2D eigenvalue weighted by Crippen LogP contribution is 2.40. The molecule has 27 heavy (non-hydrogen) atoms. The number of sulfonamides is 1. The van der Waals surface area contributed by atoms with E-state index in [1.54, 1.807) is 49.5 Å². The van der Waals surface area contributed by atoms with Crippen LogP contribution in [0.25, 0.3) is 0 Å². The van der Waals surface area contributed by atoms with E-state index in [-0.39, 0.29) is 12.3 Å². The predicted octanol–water partition coefficient (Wildman–Crippen LogP) is 4.11. The van der Waals surface area contributed by atoms with Crippen LogP contribution in [-0.4, -0.2) is 26.2 Å². The van der Waals surface area contributed by atoms with Gasteiger partial charge in [0, 0.05) is 24.3 Å². The number of halogens is 1. The number of nitrogens with zero attached hydrogens (tertiary/aromatic N) is 1. The number of para-hydroxylation sites is 1. The van der Waals surface area contributed by atoms with Crippen molar-refractivity contribution in [2.24, 2.45) is 5.73 Å². The number of quaternary nitrogens is 1. The summed E-state index contributed by atoms with van der Waals surface area (Å²) in [7, 11) is -3.65. The third-order valence-electron chi connectivity index (χ3n) is 4.45. The normalized spacial score (nSPS) is 22.3. The van der Waals surface area contributed by atoms with Gasteiger partial charge in [-0.2, -0.15) is 8.42 Å². The number of nitrogens with two attached hydrogens (primary N) is 1. The maximum Gasteiger partial charge on any atom is 0.307 e. The van der Waals surface area contributed by atoms with Crippen LogP contribution < -0.4 is 14.4 Å². The fourth-order valence-corrected chi connectivity index (χ4v) is 5.17. The Kier molecular flexibility index (Phi) is 5.72. The summed E-state index contributed by atoms with van der Waals surface area (Å²) in [5.74, 6) is 1.13. The molecule has 2 atom stereocenters. The molecule has 0 spiro atoms. The first-order valence-corrected chi connectivity index (χ1v) is 10.7. The molecule has 0 bridgehead atoms. The first-order valence-electron chi connectivity index (χ1n) is 8.62. The second-order valence-corrected chi connectivity index (χ2v) is 8.92. The van der Waals surface area contributed by atoms with Gasteiger partial charge in [0.05, 0.1) is 5.75 Å². The molecule has 0 amide bonds. The van der Waals surface area contributed by atoms with E-state index in [0.29, 0.717) is 22.8 Å². The summed E-state index contributed by atoms with van der Waals surface area (Å²) >= 11 is 6.55. The Morgan fingerprint density at radius 1 is 1.11 bits per heavy atom. The van der Waals surface area contributed by atoms with Crippen molar-refractivity contribution in [1.29, 1.82) is 0 Å². The van der Waals surface area contributed by atoms with E-state index in [1.807, 2.05) is 30.3 Å². The van der Waals surface area contributed by atoms with Crippen molar-refractivity contribution in [2.45, 2.75) is 12.4 Å². The molecule has 2 N–H and O–H groups in total. The highest BCUT2D eigenvalue weighted by atomic mass is 35.5. The van der Waals surface area contributed by atoms with Crippen LogP contribution in [0.2, 0.25) is 0 Å². The summed E-state index contributed by atoms with van der Waals surface area (Å²) in [6, 6.07) is 16.3. The summed E-state index contributed by atoms with van der Waals surface area (Å²) < 4.78 is 31.6. The van der Waals surface area contributed by atoms with Gasteiger partial charge >= 0.3 is 10.0 Å². The van der Waals surface area contributed by atoms with Crippen molar-refractivity contribution in [3.8, 4) is 11.5 Å². The Labute approximate surface area is 165 Å². The number of ether oxygens (including phenoxy) is 1. The lowest BCUT2D eigenvalue weighted by atomic mass is 10.1. The molecular formula is C20H22ClN2O3S+. The Balaban J connectivity index is 2.13. The van der Waals surface area contributed by atoms with Gasteiger partial charge in [-0.05, 0) is 37.3 Å². The van der Waals surface area contributed by atoms with Gasteiger partial charge in [-0.25, -0.2) is 0 Å². The zero-order valence-electron chi connectivity index (χ0n) is 15.0. The lowest BCUT2D eigenvalue weighted by molar-refractivity contribution is 0.474. The number of alkyl halides is 1. The quantitative estimate of drug-likeness (QED) is 0.446. The van der Waals surface area contributed by atoms with Gasteiger partial charge in [-0.1, -0.05) is 35.9 Å². The first-order chi connectivity index (χ1) is 12.9. The van der Waals surface area contributed by atoms with Crippen LogP contribution >= 0.6 is 11.6 Å². The molecule has 1 aliphatic rings. The van der Waals surface area contributed by atoms with E-state index in [4.69, 9.17) is 22.1 Å². The minimum Gasteiger partial charge on any atom is -0.457 e. The second-order valence-electron chi connectivity index (χ2n) is 6.13. The van der Waals surface area contributed by atoms with Gasteiger partial charge in [0.25, 0.3) is 0 Å². The average molecular weight is 406 g/mol. The Morgan fingerprint density at radius 3 is 2.48 bits per heavy atom. The zero-order valence-corrected chi connectivity index (χ0v) is 16.5. The van der Waals surface area contributed by atoms with Gasteiger partial charge in [-0.15, -0.1) is 3.89 Å². The van der Waals surface area contributed by atoms with E-state index < -0.39 is 19.4 Å². The van der Waals surface area contributed by atoms with Crippen molar-refractivity contribution in [3.05, 3.63) is 78.5 Å². The van der Waals surface area contributed by atoms with Crippen LogP contribution in [-0.2, 0) is 10.0 Å². The minimum absolute atomic E-state index is 0.0673. The maximum absolute atomic E-state index is 13.1. The molecule has 2 aromatic carbocycles. The lowest BCUT2D eigenvalue weighted by Crippen LogP contribution is -2.55. The van der Waals surface area contributed by atoms with Crippen LogP contribution in [0.15, 0.2) is 78.5 Å². The van der Waals surface area contributed by atoms with Gasteiger partial charge in [-0.3, -0.25) is 0 Å². The topological polar surface area (TPSA) is 69.4 Å². The highest BCUT2D eigenvalue weighted by molar-refractivity contribution is 7.91. The largest absolute Gasteiger partial charge is 0.457 e. The van der Waals surface area contributed by atoms with Gasteiger partial charge in [0.2, 0.25) is 5.50 Å². The molecule has 2 aromatic rings. The SMILES string of the molecule is CCS(=O)(=O)[N+]1(c2cccc(Oc3ccccc3)c2)C=C(CN)C=CC1Cl. The average Bonchev–Trinajstić information content (AvgIpc) is 2.69. The van der Waals surface area contributed by atoms with Crippen molar-refractivity contribution in [1.82, 2.24) is 3.89 Å². The third kappa shape index (κ3) is 3.66. The molecule has 7 heteroatoms. The fraction of sp³-hybridized carbons (Fsp3) is 0.200. The zero-order chi connectivity index (χ0) is 19.5. The van der Waals surface area contributed by atoms with Crippen LogP contribution in [0, 0.1) is 0 Å². The van der Waals surface area contributed by atoms with Gasteiger partial charge in [0.15, 0.2) is 5.69 Å². The van der Waals surface area contributed by atoms with Crippen molar-refractivity contribution >= 4 is 27.3 Å². The third-order valence-corrected chi connectivity index (χ3v) is 7.22. The van der Waals surface area contributed by atoms with Crippen molar-refractivity contribution in [2.75, 3.05) is 12.3 Å². The van der Waals surface area contributed by atoms with Crippen molar-refractivity contribution in [3.63, 3.8) is 0 Å². The molecule has 5 nitrogen and oxygen atoms in total. The number of hydrogen-bond acceptors (Lipinski definition) is 4. The van der Waals surface area contributed by atoms with E-state index in [1.165, 1.54) is 0 Å².